The van der Waals surface area contributed by atoms with Gasteiger partial charge in [-0.3, -0.25) is 14.9 Å². The van der Waals surface area contributed by atoms with Gasteiger partial charge in [0.05, 0.1) is 4.92 Å². The quantitative estimate of drug-likeness (QED) is 0.341. The van der Waals surface area contributed by atoms with Gasteiger partial charge in [0, 0.05) is 36.3 Å². The Morgan fingerprint density at radius 1 is 1.50 bits per heavy atom. The van der Waals surface area contributed by atoms with Crippen LogP contribution in [-0.4, -0.2) is 33.7 Å². The highest BCUT2D eigenvalue weighted by atomic mass is 16.6. The average molecular weight is 283 g/mol. The molecule has 0 aliphatic rings. The first-order valence-corrected chi connectivity index (χ1v) is 5.89. The standard InChI is InChI=1S/C12H17N3O5/c1-6-3-8(9(13)4-10(6)15(19)20)12(18)11(17)5-14-7(2)16/h3-4,11-12,17-18H,5,13H2,1-2H3,(H,14,16). The van der Waals surface area contributed by atoms with Crippen LogP contribution >= 0.6 is 0 Å². The number of amides is 1. The molecule has 1 rings (SSSR count). The minimum Gasteiger partial charge on any atom is -0.398 e. The van der Waals surface area contributed by atoms with Crippen LogP contribution < -0.4 is 11.1 Å². The number of benzene rings is 1. The number of nitrogens with one attached hydrogen (secondary N) is 1. The highest BCUT2D eigenvalue weighted by Gasteiger charge is 2.23. The summed E-state index contributed by atoms with van der Waals surface area (Å²) in [5.41, 5.74) is 6.02. The number of nitro groups is 1. The number of anilines is 1. The van der Waals surface area contributed by atoms with Gasteiger partial charge < -0.3 is 21.3 Å². The lowest BCUT2D eigenvalue weighted by molar-refractivity contribution is -0.385. The Morgan fingerprint density at radius 3 is 2.60 bits per heavy atom. The normalized spacial score (nSPS) is 13.6. The highest BCUT2D eigenvalue weighted by Crippen LogP contribution is 2.30. The molecule has 0 bridgehead atoms. The van der Waals surface area contributed by atoms with E-state index in [4.69, 9.17) is 5.73 Å². The molecule has 0 heterocycles. The molecule has 8 heteroatoms. The van der Waals surface area contributed by atoms with Crippen LogP contribution in [-0.2, 0) is 4.79 Å². The summed E-state index contributed by atoms with van der Waals surface area (Å²) in [4.78, 5) is 20.9. The molecule has 1 aromatic carbocycles. The predicted molar refractivity (Wildman–Crippen MR) is 71.9 cm³/mol. The van der Waals surface area contributed by atoms with E-state index in [2.05, 4.69) is 5.32 Å². The molecule has 0 spiro atoms. The van der Waals surface area contributed by atoms with E-state index in [1.54, 1.807) is 0 Å². The molecule has 0 aliphatic heterocycles. The number of carbonyl (C=O) groups is 1. The van der Waals surface area contributed by atoms with Crippen LogP contribution in [0.15, 0.2) is 12.1 Å². The molecule has 0 fully saturated rings. The van der Waals surface area contributed by atoms with E-state index in [0.29, 0.717) is 5.56 Å². The number of aliphatic hydroxyl groups excluding tert-OH is 2. The van der Waals surface area contributed by atoms with Crippen molar-refractivity contribution in [3.8, 4) is 0 Å². The van der Waals surface area contributed by atoms with Crippen molar-refractivity contribution in [2.45, 2.75) is 26.1 Å². The smallest absolute Gasteiger partial charge is 0.274 e. The zero-order chi connectivity index (χ0) is 15.4. The van der Waals surface area contributed by atoms with Gasteiger partial charge in [-0.2, -0.15) is 0 Å². The van der Waals surface area contributed by atoms with Crippen LogP contribution in [0.5, 0.6) is 0 Å². The van der Waals surface area contributed by atoms with Crippen molar-refractivity contribution in [1.82, 2.24) is 5.32 Å². The van der Waals surface area contributed by atoms with Crippen molar-refractivity contribution in [3.63, 3.8) is 0 Å². The van der Waals surface area contributed by atoms with Crippen molar-refractivity contribution in [2.75, 3.05) is 12.3 Å². The first-order chi connectivity index (χ1) is 9.23. The fourth-order valence-corrected chi connectivity index (χ4v) is 1.76. The zero-order valence-electron chi connectivity index (χ0n) is 11.2. The van der Waals surface area contributed by atoms with Gasteiger partial charge in [0.2, 0.25) is 5.91 Å². The molecular weight excluding hydrogens is 266 g/mol. The van der Waals surface area contributed by atoms with Crippen molar-refractivity contribution in [1.29, 1.82) is 0 Å². The number of nitro benzene ring substituents is 1. The Morgan fingerprint density at radius 2 is 2.10 bits per heavy atom. The van der Waals surface area contributed by atoms with Crippen molar-refractivity contribution in [3.05, 3.63) is 33.4 Å². The number of hydrogen-bond donors (Lipinski definition) is 4. The summed E-state index contributed by atoms with van der Waals surface area (Å²) in [5.74, 6) is -0.343. The molecule has 2 unspecified atom stereocenters. The van der Waals surface area contributed by atoms with Crippen LogP contribution in [0, 0.1) is 17.0 Å². The van der Waals surface area contributed by atoms with E-state index >= 15 is 0 Å². The number of aliphatic hydroxyl groups is 2. The predicted octanol–water partition coefficient (Wildman–Crippen LogP) is 0.0158. The minimum atomic E-state index is -1.35. The molecule has 20 heavy (non-hydrogen) atoms. The summed E-state index contributed by atoms with van der Waals surface area (Å²) in [6.45, 7) is 2.64. The number of nitrogens with two attached hydrogens (primary N) is 1. The molecule has 0 radical (unpaired) electrons. The lowest BCUT2D eigenvalue weighted by atomic mass is 9.99. The van der Waals surface area contributed by atoms with Crippen LogP contribution in [0.3, 0.4) is 0 Å². The number of hydrogen-bond acceptors (Lipinski definition) is 6. The topological polar surface area (TPSA) is 139 Å². The van der Waals surface area contributed by atoms with E-state index in [9.17, 15) is 25.1 Å². The Hall–Kier alpha value is -2.19. The second kappa shape index (κ2) is 6.31. The minimum absolute atomic E-state index is 0.0108. The maximum atomic E-state index is 10.8. The second-order valence-electron chi connectivity index (χ2n) is 4.47. The fourth-order valence-electron chi connectivity index (χ4n) is 1.76. The van der Waals surface area contributed by atoms with E-state index in [1.165, 1.54) is 19.9 Å². The highest BCUT2D eigenvalue weighted by molar-refractivity contribution is 5.72. The Balaban J connectivity index is 2.98. The number of carbonyl (C=O) groups excluding carboxylic acids is 1. The molecule has 0 aliphatic carbocycles. The molecule has 8 nitrogen and oxygen atoms in total. The van der Waals surface area contributed by atoms with Gasteiger partial charge in [0.15, 0.2) is 0 Å². The molecule has 0 saturated carbocycles. The third-order valence-electron chi connectivity index (χ3n) is 2.84. The Kier molecular flexibility index (Phi) is 5.00. The van der Waals surface area contributed by atoms with Gasteiger partial charge in [-0.25, -0.2) is 0 Å². The molecule has 0 saturated heterocycles. The maximum absolute atomic E-state index is 10.8. The van der Waals surface area contributed by atoms with Crippen LogP contribution in [0.1, 0.15) is 24.2 Å². The summed E-state index contributed by atoms with van der Waals surface area (Å²) in [6.07, 6.45) is -2.61. The van der Waals surface area contributed by atoms with Crippen LogP contribution in [0.4, 0.5) is 11.4 Å². The number of nitrogen functional groups attached to an aromatic ring is 1. The summed E-state index contributed by atoms with van der Waals surface area (Å²) < 4.78 is 0. The largest absolute Gasteiger partial charge is 0.398 e. The van der Waals surface area contributed by atoms with Gasteiger partial charge in [0.1, 0.15) is 12.2 Å². The fraction of sp³-hybridized carbons (Fsp3) is 0.417. The van der Waals surface area contributed by atoms with E-state index in [1.807, 2.05) is 0 Å². The van der Waals surface area contributed by atoms with Crippen LogP contribution in [0.2, 0.25) is 0 Å². The number of nitrogens with zero attached hydrogens (tertiary/aromatic N) is 1. The molecule has 5 N–H and O–H groups in total. The molecule has 1 aromatic rings. The second-order valence-corrected chi connectivity index (χ2v) is 4.47. The third-order valence-corrected chi connectivity index (χ3v) is 2.84. The van der Waals surface area contributed by atoms with Gasteiger partial charge in [0.25, 0.3) is 5.69 Å². The lowest BCUT2D eigenvalue weighted by Gasteiger charge is -2.20. The first kappa shape index (κ1) is 15.9. The van der Waals surface area contributed by atoms with Gasteiger partial charge in [-0.15, -0.1) is 0 Å². The zero-order valence-corrected chi connectivity index (χ0v) is 11.2. The molecule has 2 atom stereocenters. The molecular formula is C12H17N3O5. The number of rotatable bonds is 5. The van der Waals surface area contributed by atoms with Gasteiger partial charge >= 0.3 is 0 Å². The SMILES string of the molecule is CC(=O)NCC(O)C(O)c1cc(C)c([N+](=O)[O-])cc1N. The van der Waals surface area contributed by atoms with E-state index < -0.39 is 17.1 Å². The molecule has 1 amide bonds. The summed E-state index contributed by atoms with van der Waals surface area (Å²) in [6, 6.07) is 2.49. The first-order valence-electron chi connectivity index (χ1n) is 5.89. The molecule has 0 aromatic heterocycles. The Labute approximate surface area is 115 Å². The maximum Gasteiger partial charge on any atom is 0.274 e. The average Bonchev–Trinajstić information content (AvgIpc) is 2.36. The van der Waals surface area contributed by atoms with E-state index in [0.717, 1.165) is 6.07 Å². The van der Waals surface area contributed by atoms with Crippen molar-refractivity contribution >= 4 is 17.3 Å². The summed E-state index contributed by atoms with van der Waals surface area (Å²) in [7, 11) is 0. The third kappa shape index (κ3) is 3.65. The van der Waals surface area contributed by atoms with Gasteiger partial charge in [-0.1, -0.05) is 0 Å². The van der Waals surface area contributed by atoms with Crippen molar-refractivity contribution in [2.24, 2.45) is 0 Å². The Bertz CT molecular complexity index is 532. The summed E-state index contributed by atoms with van der Waals surface area (Å²) in [5, 5.41) is 32.9. The summed E-state index contributed by atoms with van der Waals surface area (Å²) >= 11 is 0. The molecule has 110 valence electrons. The van der Waals surface area contributed by atoms with Crippen molar-refractivity contribution < 1.29 is 19.9 Å². The number of aryl methyl sites for hydroxylation is 1. The van der Waals surface area contributed by atoms with E-state index in [-0.39, 0.29) is 29.4 Å². The lowest BCUT2D eigenvalue weighted by Crippen LogP contribution is -2.34. The van der Waals surface area contributed by atoms with Gasteiger partial charge in [-0.05, 0) is 13.0 Å². The van der Waals surface area contributed by atoms with Crippen LogP contribution in [0.25, 0.3) is 0 Å². The monoisotopic (exact) mass is 283 g/mol.